The number of aryl methyl sites for hydroxylation is 1. The van der Waals surface area contributed by atoms with E-state index in [1.54, 1.807) is 0 Å². The smallest absolute Gasteiger partial charge is 0.167 e. The van der Waals surface area contributed by atoms with Crippen molar-refractivity contribution in [1.82, 2.24) is 19.5 Å². The van der Waals surface area contributed by atoms with Crippen LogP contribution in [0.5, 0.6) is 0 Å². The molecule has 4 aromatic heterocycles. The van der Waals surface area contributed by atoms with E-state index in [0.29, 0.717) is 17.5 Å². The Balaban J connectivity index is 1.13. The standard InChI is InChI=1S/C49H34N4O2/c1-2-3-13-30-22-27-41-40(28-30)36-25-26-38-34-18-10-11-21-42(34)54-46(38)44(36)53(41)33-23-24-35-37-19-12-20-39(45(37)55-43(35)29-33)49-51-47(31-14-6-4-7-15-31)50-48(52-49)32-16-8-5-9-17-32/h4-12,14-29H,2-3,13H2,1H3. The average molecular weight is 711 g/mol. The Morgan fingerprint density at radius 2 is 1.13 bits per heavy atom. The van der Waals surface area contributed by atoms with Crippen molar-refractivity contribution in [2.75, 3.05) is 0 Å². The first-order valence-electron chi connectivity index (χ1n) is 18.9. The van der Waals surface area contributed by atoms with E-state index in [-0.39, 0.29) is 0 Å². The number of rotatable bonds is 7. The fourth-order valence-corrected chi connectivity index (χ4v) is 8.16. The predicted octanol–water partition coefficient (Wildman–Crippen LogP) is 13.1. The zero-order valence-electron chi connectivity index (χ0n) is 30.2. The summed E-state index contributed by atoms with van der Waals surface area (Å²) in [7, 11) is 0. The number of fused-ring (bicyclic) bond motifs is 10. The van der Waals surface area contributed by atoms with E-state index >= 15 is 0 Å². The minimum Gasteiger partial charge on any atom is -0.455 e. The van der Waals surface area contributed by atoms with Crippen molar-refractivity contribution in [3.8, 4) is 39.9 Å². The lowest BCUT2D eigenvalue weighted by atomic mass is 10.0. The van der Waals surface area contributed by atoms with Gasteiger partial charge in [0.2, 0.25) is 0 Å². The number of para-hydroxylation sites is 2. The molecule has 0 amide bonds. The van der Waals surface area contributed by atoms with Crippen LogP contribution in [0.4, 0.5) is 0 Å². The molecule has 0 aliphatic rings. The molecule has 0 saturated heterocycles. The normalized spacial score (nSPS) is 11.9. The maximum Gasteiger partial charge on any atom is 0.167 e. The molecule has 0 fully saturated rings. The minimum absolute atomic E-state index is 0.561. The van der Waals surface area contributed by atoms with Gasteiger partial charge in [-0.25, -0.2) is 15.0 Å². The Morgan fingerprint density at radius 1 is 0.491 bits per heavy atom. The van der Waals surface area contributed by atoms with Gasteiger partial charge in [0.1, 0.15) is 16.7 Å². The first-order valence-corrected chi connectivity index (χ1v) is 18.9. The van der Waals surface area contributed by atoms with E-state index < -0.39 is 0 Å². The number of hydrogen-bond donors (Lipinski definition) is 0. The van der Waals surface area contributed by atoms with Crippen LogP contribution in [0.25, 0.3) is 106 Å². The number of aromatic nitrogens is 4. The summed E-state index contributed by atoms with van der Waals surface area (Å²) in [6.07, 6.45) is 3.38. The van der Waals surface area contributed by atoms with Crippen molar-refractivity contribution in [2.45, 2.75) is 26.2 Å². The van der Waals surface area contributed by atoms with Crippen molar-refractivity contribution in [3.05, 3.63) is 157 Å². The van der Waals surface area contributed by atoms with Gasteiger partial charge in [0, 0.05) is 49.5 Å². The maximum absolute atomic E-state index is 6.85. The Labute approximate surface area is 316 Å². The third-order valence-electron chi connectivity index (χ3n) is 10.8. The zero-order chi connectivity index (χ0) is 36.5. The van der Waals surface area contributed by atoms with Crippen molar-refractivity contribution in [2.24, 2.45) is 0 Å². The molecule has 0 spiro atoms. The van der Waals surface area contributed by atoms with Crippen LogP contribution in [0.1, 0.15) is 25.3 Å². The molecule has 6 nitrogen and oxygen atoms in total. The maximum atomic E-state index is 6.85. The molecule has 0 N–H and O–H groups in total. The fourth-order valence-electron chi connectivity index (χ4n) is 8.16. The summed E-state index contributed by atoms with van der Waals surface area (Å²) in [5.41, 5.74) is 10.5. The second-order valence-corrected chi connectivity index (χ2v) is 14.2. The van der Waals surface area contributed by atoms with Crippen LogP contribution in [-0.2, 0) is 6.42 Å². The first kappa shape index (κ1) is 31.5. The largest absolute Gasteiger partial charge is 0.455 e. The molecule has 0 atom stereocenters. The van der Waals surface area contributed by atoms with Crippen LogP contribution < -0.4 is 0 Å². The van der Waals surface area contributed by atoms with Crippen molar-refractivity contribution < 1.29 is 8.83 Å². The van der Waals surface area contributed by atoms with Crippen molar-refractivity contribution >= 4 is 65.7 Å². The lowest BCUT2D eigenvalue weighted by Crippen LogP contribution is -2.00. The number of furan rings is 2. The van der Waals surface area contributed by atoms with Gasteiger partial charge in [0.05, 0.1) is 22.3 Å². The Hall–Kier alpha value is -7.05. The lowest BCUT2D eigenvalue weighted by molar-refractivity contribution is 0.668. The van der Waals surface area contributed by atoms with Gasteiger partial charge in [0.15, 0.2) is 23.1 Å². The Bertz CT molecular complexity index is 3190. The molecule has 0 aliphatic heterocycles. The molecule has 262 valence electrons. The number of nitrogens with zero attached hydrogens (tertiary/aromatic N) is 4. The number of unbranched alkanes of at least 4 members (excludes halogenated alkanes) is 1. The van der Waals surface area contributed by atoms with Gasteiger partial charge >= 0.3 is 0 Å². The molecule has 6 heteroatoms. The van der Waals surface area contributed by atoms with Gasteiger partial charge < -0.3 is 13.4 Å². The molecule has 0 unspecified atom stereocenters. The van der Waals surface area contributed by atoms with Gasteiger partial charge in [-0.3, -0.25) is 0 Å². The molecule has 7 aromatic carbocycles. The van der Waals surface area contributed by atoms with Gasteiger partial charge in [-0.15, -0.1) is 0 Å². The molecule has 0 bridgehead atoms. The van der Waals surface area contributed by atoms with Gasteiger partial charge in [-0.1, -0.05) is 116 Å². The van der Waals surface area contributed by atoms with Gasteiger partial charge in [0.25, 0.3) is 0 Å². The molecule has 11 aromatic rings. The topological polar surface area (TPSA) is 69.9 Å². The predicted molar refractivity (Wildman–Crippen MR) is 224 cm³/mol. The summed E-state index contributed by atoms with van der Waals surface area (Å²) < 4.78 is 15.9. The summed E-state index contributed by atoms with van der Waals surface area (Å²) in [6.45, 7) is 2.24. The van der Waals surface area contributed by atoms with Crippen molar-refractivity contribution in [1.29, 1.82) is 0 Å². The quantitative estimate of drug-likeness (QED) is 0.165. The Morgan fingerprint density at radius 3 is 1.91 bits per heavy atom. The van der Waals surface area contributed by atoms with E-state index in [4.69, 9.17) is 23.8 Å². The highest BCUT2D eigenvalue weighted by Gasteiger charge is 2.22. The summed E-state index contributed by atoms with van der Waals surface area (Å²) in [5, 5.41) is 6.64. The lowest BCUT2D eigenvalue weighted by Gasteiger charge is -2.09. The second kappa shape index (κ2) is 12.5. The molecule has 55 heavy (non-hydrogen) atoms. The monoisotopic (exact) mass is 710 g/mol. The van der Waals surface area contributed by atoms with Gasteiger partial charge in [-0.05, 0) is 60.9 Å². The first-order chi connectivity index (χ1) is 27.2. The summed E-state index contributed by atoms with van der Waals surface area (Å²) in [5.74, 6) is 1.79. The summed E-state index contributed by atoms with van der Waals surface area (Å²) in [6, 6.07) is 52.5. The number of benzene rings is 7. The third-order valence-corrected chi connectivity index (χ3v) is 10.8. The summed E-state index contributed by atoms with van der Waals surface area (Å²) >= 11 is 0. The highest BCUT2D eigenvalue weighted by molar-refractivity contribution is 6.21. The summed E-state index contributed by atoms with van der Waals surface area (Å²) in [4.78, 5) is 14.9. The van der Waals surface area contributed by atoms with Crippen LogP contribution in [0.3, 0.4) is 0 Å². The molecule has 0 radical (unpaired) electrons. The Kier molecular flexibility index (Phi) is 7.17. The fraction of sp³-hybridized carbons (Fsp3) is 0.0816. The molecule has 11 rings (SSSR count). The van der Waals surface area contributed by atoms with E-state index in [9.17, 15) is 0 Å². The minimum atomic E-state index is 0.561. The average Bonchev–Trinajstić information content (AvgIpc) is 3.92. The van der Waals surface area contributed by atoms with Crippen LogP contribution in [-0.4, -0.2) is 19.5 Å². The van der Waals surface area contributed by atoms with Crippen LogP contribution in [0, 0.1) is 0 Å². The SMILES string of the molecule is CCCCc1ccc2c(c1)c1ccc3c4ccccc4oc3c1n2-c1ccc2c(c1)oc1c(-c3nc(-c4ccccc4)nc(-c4ccccc4)n3)cccc12. The van der Waals surface area contributed by atoms with Crippen molar-refractivity contribution in [3.63, 3.8) is 0 Å². The highest BCUT2D eigenvalue weighted by atomic mass is 16.3. The highest BCUT2D eigenvalue weighted by Crippen LogP contribution is 2.42. The van der Waals surface area contributed by atoms with Crippen LogP contribution in [0.2, 0.25) is 0 Å². The van der Waals surface area contributed by atoms with Gasteiger partial charge in [-0.2, -0.15) is 0 Å². The molecule has 0 saturated carbocycles. The molecular weight excluding hydrogens is 677 g/mol. The zero-order valence-corrected chi connectivity index (χ0v) is 30.2. The van der Waals surface area contributed by atoms with E-state index in [2.05, 4.69) is 84.3 Å². The van der Waals surface area contributed by atoms with Crippen LogP contribution in [0.15, 0.2) is 160 Å². The van der Waals surface area contributed by atoms with E-state index in [1.807, 2.05) is 78.9 Å². The third kappa shape index (κ3) is 5.06. The van der Waals surface area contributed by atoms with Crippen LogP contribution >= 0.6 is 0 Å². The number of hydrogen-bond acceptors (Lipinski definition) is 5. The second-order valence-electron chi connectivity index (χ2n) is 14.2. The molecular formula is C49H34N4O2. The van der Waals surface area contributed by atoms with E-state index in [1.165, 1.54) is 16.3 Å². The molecule has 0 aliphatic carbocycles. The van der Waals surface area contributed by atoms with E-state index in [0.717, 1.165) is 96.6 Å². The molecule has 4 heterocycles.